The molecule has 1 aliphatic rings. The van der Waals surface area contributed by atoms with Crippen LogP contribution in [0.4, 0.5) is 5.69 Å². The fraction of sp³-hybridized carbons (Fsp3) is 0.278. The molecule has 0 spiro atoms. The van der Waals surface area contributed by atoms with Crippen molar-refractivity contribution in [3.05, 3.63) is 48.8 Å². The van der Waals surface area contributed by atoms with Crippen molar-refractivity contribution < 1.29 is 0 Å². The summed E-state index contributed by atoms with van der Waals surface area (Å²) in [5.74, 6) is 0. The molecule has 2 aromatic carbocycles. The van der Waals surface area contributed by atoms with Crippen LogP contribution in [0.15, 0.2) is 52.3 Å². The van der Waals surface area contributed by atoms with E-state index in [0.717, 1.165) is 37.2 Å². The van der Waals surface area contributed by atoms with E-state index in [1.807, 2.05) is 0 Å². The lowest BCUT2D eigenvalue weighted by Crippen LogP contribution is -2.44. The standard InChI is InChI=1S/C18H19N4S/c1-21-8-10-22(11-9-21)14-2-4-15(5-3-14)23-16-6-7-17-18(12-16)20-13-19-17/h2-7,12H,8-11H2,1H3,(H,19,20). The molecular formula is C18H19N4S. The van der Waals surface area contributed by atoms with Crippen LogP contribution in [0.5, 0.6) is 0 Å². The summed E-state index contributed by atoms with van der Waals surface area (Å²) in [7, 11) is 2.19. The van der Waals surface area contributed by atoms with E-state index >= 15 is 0 Å². The Morgan fingerprint density at radius 2 is 1.74 bits per heavy atom. The van der Waals surface area contributed by atoms with E-state index in [0.29, 0.717) is 0 Å². The van der Waals surface area contributed by atoms with Gasteiger partial charge in [0.2, 0.25) is 0 Å². The normalized spacial score (nSPS) is 16.1. The van der Waals surface area contributed by atoms with Crippen LogP contribution in [0.1, 0.15) is 0 Å². The number of likely N-dealkylation sites (N-methyl/N-ethyl adjacent to an activating group) is 1. The second kappa shape index (κ2) is 6.26. The number of aromatic amines is 1. The fourth-order valence-electron chi connectivity index (χ4n) is 2.85. The first-order chi connectivity index (χ1) is 11.3. The Bertz CT molecular complexity index is 788. The van der Waals surface area contributed by atoms with E-state index < -0.39 is 0 Å². The third-order valence-corrected chi connectivity index (χ3v) is 5.27. The quantitative estimate of drug-likeness (QED) is 0.802. The number of hydrogen-bond acceptors (Lipinski definition) is 4. The molecule has 1 aliphatic heterocycles. The smallest absolute Gasteiger partial charge is 0.174 e. The van der Waals surface area contributed by atoms with Crippen LogP contribution < -0.4 is 4.90 Å². The van der Waals surface area contributed by atoms with Crippen molar-refractivity contribution in [1.29, 1.82) is 0 Å². The zero-order chi connectivity index (χ0) is 15.6. The first-order valence-electron chi connectivity index (χ1n) is 7.85. The van der Waals surface area contributed by atoms with Crippen LogP contribution >= 0.6 is 11.8 Å². The van der Waals surface area contributed by atoms with Crippen LogP contribution in [0.25, 0.3) is 11.0 Å². The summed E-state index contributed by atoms with van der Waals surface area (Å²) in [6, 6.07) is 15.1. The van der Waals surface area contributed by atoms with Crippen molar-refractivity contribution in [3.63, 3.8) is 0 Å². The lowest BCUT2D eigenvalue weighted by atomic mass is 10.2. The average Bonchev–Trinajstić information content (AvgIpc) is 3.04. The van der Waals surface area contributed by atoms with Crippen molar-refractivity contribution in [2.45, 2.75) is 9.79 Å². The SMILES string of the molecule is CN1CCN(c2ccc(Sc3ccc4[nH][c]nc4c3)cc2)CC1. The first kappa shape index (κ1) is 14.6. The molecule has 4 rings (SSSR count). The molecule has 0 aliphatic carbocycles. The lowest BCUT2D eigenvalue weighted by molar-refractivity contribution is 0.313. The molecule has 3 aromatic rings. The molecule has 0 amide bonds. The fourth-order valence-corrected chi connectivity index (χ4v) is 3.70. The number of nitrogens with one attached hydrogen (secondary N) is 1. The van der Waals surface area contributed by atoms with E-state index in [-0.39, 0.29) is 0 Å². The summed E-state index contributed by atoms with van der Waals surface area (Å²) in [6.45, 7) is 4.49. The predicted molar refractivity (Wildman–Crippen MR) is 95.2 cm³/mol. The van der Waals surface area contributed by atoms with Gasteiger partial charge in [0.05, 0.1) is 11.0 Å². The van der Waals surface area contributed by atoms with E-state index in [1.165, 1.54) is 15.5 Å². The highest BCUT2D eigenvalue weighted by Crippen LogP contribution is 2.30. The molecule has 1 aromatic heterocycles. The molecule has 0 unspecified atom stereocenters. The molecular weight excluding hydrogens is 304 g/mol. The second-order valence-electron chi connectivity index (χ2n) is 5.91. The summed E-state index contributed by atoms with van der Waals surface area (Å²) in [6.07, 6.45) is 2.78. The molecule has 5 heteroatoms. The highest BCUT2D eigenvalue weighted by molar-refractivity contribution is 7.99. The topological polar surface area (TPSA) is 35.2 Å². The van der Waals surface area contributed by atoms with E-state index in [9.17, 15) is 0 Å². The van der Waals surface area contributed by atoms with Gasteiger partial charge in [-0.2, -0.15) is 0 Å². The van der Waals surface area contributed by atoms with Gasteiger partial charge in [-0.3, -0.25) is 0 Å². The number of rotatable bonds is 3. The summed E-state index contributed by atoms with van der Waals surface area (Å²) < 4.78 is 0. The van der Waals surface area contributed by atoms with E-state index in [2.05, 4.69) is 75.6 Å². The lowest BCUT2D eigenvalue weighted by Gasteiger charge is -2.34. The Hall–Kier alpha value is -1.98. The van der Waals surface area contributed by atoms with Crippen molar-refractivity contribution in [2.24, 2.45) is 0 Å². The van der Waals surface area contributed by atoms with Crippen LogP contribution in [0.3, 0.4) is 0 Å². The van der Waals surface area contributed by atoms with Gasteiger partial charge in [0.25, 0.3) is 0 Å². The number of hydrogen-bond donors (Lipinski definition) is 1. The number of benzene rings is 2. The highest BCUT2D eigenvalue weighted by Gasteiger charge is 2.14. The molecule has 117 valence electrons. The van der Waals surface area contributed by atoms with Crippen LogP contribution in [-0.2, 0) is 0 Å². The minimum absolute atomic E-state index is 0.962. The molecule has 0 saturated carbocycles. The Labute approximate surface area is 140 Å². The van der Waals surface area contributed by atoms with Crippen molar-refractivity contribution in [1.82, 2.24) is 14.9 Å². The molecule has 1 saturated heterocycles. The minimum Gasteiger partial charge on any atom is -0.369 e. The Morgan fingerprint density at radius 1 is 1.00 bits per heavy atom. The molecule has 4 nitrogen and oxygen atoms in total. The van der Waals surface area contributed by atoms with Crippen LogP contribution in [0, 0.1) is 6.33 Å². The predicted octanol–water partition coefficient (Wildman–Crippen LogP) is 3.27. The molecule has 1 fully saturated rings. The van der Waals surface area contributed by atoms with E-state index in [4.69, 9.17) is 0 Å². The van der Waals surface area contributed by atoms with Gasteiger partial charge >= 0.3 is 0 Å². The van der Waals surface area contributed by atoms with Gasteiger partial charge in [0.1, 0.15) is 0 Å². The van der Waals surface area contributed by atoms with Gasteiger partial charge in [0, 0.05) is 41.7 Å². The van der Waals surface area contributed by atoms with Gasteiger partial charge in [-0.15, -0.1) is 0 Å². The molecule has 23 heavy (non-hydrogen) atoms. The number of anilines is 1. The highest BCUT2D eigenvalue weighted by atomic mass is 32.2. The largest absolute Gasteiger partial charge is 0.369 e. The molecule has 1 N–H and O–H groups in total. The van der Waals surface area contributed by atoms with Crippen molar-refractivity contribution >= 4 is 28.5 Å². The maximum atomic E-state index is 4.20. The first-order valence-corrected chi connectivity index (χ1v) is 8.67. The number of aromatic nitrogens is 2. The number of nitrogens with zero attached hydrogens (tertiary/aromatic N) is 3. The average molecular weight is 323 g/mol. The monoisotopic (exact) mass is 323 g/mol. The van der Waals surface area contributed by atoms with E-state index in [1.54, 1.807) is 11.8 Å². The Morgan fingerprint density at radius 3 is 2.52 bits per heavy atom. The minimum atomic E-state index is 0.962. The van der Waals surface area contributed by atoms with Gasteiger partial charge in [-0.05, 0) is 49.5 Å². The van der Waals surface area contributed by atoms with Gasteiger partial charge in [-0.25, -0.2) is 4.98 Å². The third-order valence-electron chi connectivity index (χ3n) is 4.28. The molecule has 0 atom stereocenters. The summed E-state index contributed by atoms with van der Waals surface area (Å²) in [5.41, 5.74) is 3.31. The summed E-state index contributed by atoms with van der Waals surface area (Å²) in [4.78, 5) is 14.5. The number of fused-ring (bicyclic) bond motifs is 1. The summed E-state index contributed by atoms with van der Waals surface area (Å²) in [5, 5.41) is 0. The molecule has 0 bridgehead atoms. The number of piperazine rings is 1. The van der Waals surface area contributed by atoms with Crippen molar-refractivity contribution in [3.8, 4) is 0 Å². The number of imidazole rings is 1. The molecule has 1 radical (unpaired) electrons. The number of H-pyrrole nitrogens is 1. The van der Waals surface area contributed by atoms with Crippen LogP contribution in [0.2, 0.25) is 0 Å². The van der Waals surface area contributed by atoms with Gasteiger partial charge in [-0.1, -0.05) is 11.8 Å². The van der Waals surface area contributed by atoms with Gasteiger partial charge < -0.3 is 14.8 Å². The second-order valence-corrected chi connectivity index (χ2v) is 7.06. The zero-order valence-electron chi connectivity index (χ0n) is 13.1. The zero-order valence-corrected chi connectivity index (χ0v) is 13.9. The Balaban J connectivity index is 1.47. The molecule has 2 heterocycles. The maximum Gasteiger partial charge on any atom is 0.174 e. The van der Waals surface area contributed by atoms with Crippen LogP contribution in [-0.4, -0.2) is 48.1 Å². The van der Waals surface area contributed by atoms with Gasteiger partial charge in [0.15, 0.2) is 6.33 Å². The summed E-state index contributed by atoms with van der Waals surface area (Å²) >= 11 is 1.77. The Kier molecular flexibility index (Phi) is 3.97. The maximum absolute atomic E-state index is 4.20. The third kappa shape index (κ3) is 3.21. The van der Waals surface area contributed by atoms with Crippen molar-refractivity contribution in [2.75, 3.05) is 38.1 Å².